The standard InChI is InChI=1S/C19H20F3NO2S/c1-13-7-5-8-14(11-13)17(23-26(24)18(2,3)4)15-9-6-10-16(12-15)25-19(20,21)22/h5-12H,1-4H3/t26-/m1/s1. The smallest absolute Gasteiger partial charge is 0.406 e. The van der Waals surface area contributed by atoms with Gasteiger partial charge in [-0.25, -0.2) is 4.21 Å². The average Bonchev–Trinajstić information content (AvgIpc) is 2.50. The number of nitrogens with zero attached hydrogens (tertiary/aromatic N) is 1. The highest BCUT2D eigenvalue weighted by Gasteiger charge is 2.31. The molecule has 0 spiro atoms. The predicted octanol–water partition coefficient (Wildman–Crippen LogP) is 5.19. The van der Waals surface area contributed by atoms with Gasteiger partial charge in [-0.3, -0.25) is 0 Å². The van der Waals surface area contributed by atoms with E-state index in [0.717, 1.165) is 5.56 Å². The highest BCUT2D eigenvalue weighted by Crippen LogP contribution is 2.25. The number of rotatable bonds is 4. The van der Waals surface area contributed by atoms with Crippen LogP contribution in [0.25, 0.3) is 0 Å². The summed E-state index contributed by atoms with van der Waals surface area (Å²) in [6.07, 6.45) is -4.78. The van der Waals surface area contributed by atoms with Crippen LogP contribution in [0.15, 0.2) is 52.9 Å². The second-order valence-electron chi connectivity index (χ2n) is 6.75. The summed E-state index contributed by atoms with van der Waals surface area (Å²) in [5.41, 5.74) is 2.38. The number of hydrogen-bond acceptors (Lipinski definition) is 2. The zero-order chi connectivity index (χ0) is 19.5. The Morgan fingerprint density at radius 1 is 1.00 bits per heavy atom. The van der Waals surface area contributed by atoms with E-state index < -0.39 is 22.1 Å². The number of aryl methyl sites for hydroxylation is 1. The second kappa shape index (κ2) is 7.61. The number of alkyl halides is 3. The largest absolute Gasteiger partial charge is 0.573 e. The lowest BCUT2D eigenvalue weighted by Crippen LogP contribution is -2.21. The van der Waals surface area contributed by atoms with E-state index in [1.807, 2.05) is 25.1 Å². The predicted molar refractivity (Wildman–Crippen MR) is 97.8 cm³/mol. The van der Waals surface area contributed by atoms with Crippen LogP contribution in [0.4, 0.5) is 13.2 Å². The van der Waals surface area contributed by atoms with Crippen LogP contribution >= 0.6 is 0 Å². The topological polar surface area (TPSA) is 38.7 Å². The zero-order valence-corrected chi connectivity index (χ0v) is 15.7. The molecule has 3 nitrogen and oxygen atoms in total. The summed E-state index contributed by atoms with van der Waals surface area (Å²) < 4.78 is 57.8. The summed E-state index contributed by atoms with van der Waals surface area (Å²) in [5.74, 6) is -0.350. The van der Waals surface area contributed by atoms with Gasteiger partial charge in [0.2, 0.25) is 0 Å². The maximum atomic E-state index is 12.5. The molecule has 0 saturated carbocycles. The molecule has 0 unspecified atom stereocenters. The molecule has 0 radical (unpaired) electrons. The molecule has 0 aromatic heterocycles. The van der Waals surface area contributed by atoms with E-state index in [0.29, 0.717) is 16.8 Å². The monoisotopic (exact) mass is 383 g/mol. The fraction of sp³-hybridized carbons (Fsp3) is 0.316. The molecule has 0 fully saturated rings. The van der Waals surface area contributed by atoms with E-state index in [1.165, 1.54) is 18.2 Å². The van der Waals surface area contributed by atoms with Gasteiger partial charge in [0.1, 0.15) is 16.7 Å². The van der Waals surface area contributed by atoms with Crippen LogP contribution in [0.3, 0.4) is 0 Å². The Bertz CT molecular complexity index is 839. The van der Waals surface area contributed by atoms with Crippen molar-refractivity contribution in [3.8, 4) is 5.75 Å². The summed E-state index contributed by atoms with van der Waals surface area (Å²) in [4.78, 5) is 0. The van der Waals surface area contributed by atoms with Crippen molar-refractivity contribution in [2.45, 2.75) is 38.8 Å². The zero-order valence-electron chi connectivity index (χ0n) is 14.9. The Morgan fingerprint density at radius 3 is 2.12 bits per heavy atom. The van der Waals surface area contributed by atoms with Crippen LogP contribution in [0, 0.1) is 6.92 Å². The van der Waals surface area contributed by atoms with Crippen molar-refractivity contribution < 1.29 is 22.1 Å². The Kier molecular flexibility index (Phi) is 5.91. The van der Waals surface area contributed by atoms with Crippen LogP contribution in [-0.2, 0) is 11.0 Å². The Balaban J connectivity index is 2.56. The molecule has 26 heavy (non-hydrogen) atoms. The maximum Gasteiger partial charge on any atom is 0.573 e. The minimum atomic E-state index is -4.78. The van der Waals surface area contributed by atoms with Gasteiger partial charge in [-0.2, -0.15) is 4.40 Å². The lowest BCUT2D eigenvalue weighted by atomic mass is 10.0. The SMILES string of the molecule is Cc1cccc(C(=N[S@](=O)C(C)(C)C)c2cccc(OC(F)(F)F)c2)c1. The van der Waals surface area contributed by atoms with E-state index in [4.69, 9.17) is 0 Å². The van der Waals surface area contributed by atoms with Crippen molar-refractivity contribution in [2.24, 2.45) is 4.40 Å². The van der Waals surface area contributed by atoms with Gasteiger partial charge < -0.3 is 4.74 Å². The Labute approximate surface area is 153 Å². The lowest BCUT2D eigenvalue weighted by Gasteiger charge is -2.16. The van der Waals surface area contributed by atoms with Crippen LogP contribution in [0.1, 0.15) is 37.5 Å². The Morgan fingerprint density at radius 2 is 1.58 bits per heavy atom. The lowest BCUT2D eigenvalue weighted by molar-refractivity contribution is -0.274. The molecule has 0 aliphatic carbocycles. The van der Waals surface area contributed by atoms with Gasteiger partial charge in [0.25, 0.3) is 0 Å². The third-order valence-electron chi connectivity index (χ3n) is 3.33. The van der Waals surface area contributed by atoms with Gasteiger partial charge in [-0.1, -0.05) is 35.9 Å². The van der Waals surface area contributed by atoms with E-state index in [-0.39, 0.29) is 5.75 Å². The fourth-order valence-corrected chi connectivity index (χ4v) is 2.78. The van der Waals surface area contributed by atoms with E-state index >= 15 is 0 Å². The number of hydrogen-bond donors (Lipinski definition) is 0. The second-order valence-corrected chi connectivity index (χ2v) is 8.65. The van der Waals surface area contributed by atoms with Crippen LogP contribution in [0.2, 0.25) is 0 Å². The van der Waals surface area contributed by atoms with Gasteiger partial charge in [0.05, 0.1) is 10.5 Å². The summed E-state index contributed by atoms with van der Waals surface area (Å²) in [5, 5.41) is 0. The van der Waals surface area contributed by atoms with Crippen molar-refractivity contribution in [3.05, 3.63) is 65.2 Å². The summed E-state index contributed by atoms with van der Waals surface area (Å²) in [6, 6.07) is 12.9. The Hall–Kier alpha value is -2.15. The normalized spacial score (nSPS) is 14.2. The minimum absolute atomic E-state index is 0.350. The number of benzene rings is 2. The highest BCUT2D eigenvalue weighted by atomic mass is 32.2. The first-order valence-electron chi connectivity index (χ1n) is 7.89. The first-order valence-corrected chi connectivity index (χ1v) is 9.00. The molecule has 0 amide bonds. The maximum absolute atomic E-state index is 12.5. The fourth-order valence-electron chi connectivity index (χ4n) is 2.12. The van der Waals surface area contributed by atoms with Crippen LogP contribution in [0.5, 0.6) is 5.75 Å². The first kappa shape index (κ1) is 20.2. The van der Waals surface area contributed by atoms with E-state index in [2.05, 4.69) is 9.13 Å². The summed E-state index contributed by atoms with van der Waals surface area (Å²) in [7, 11) is -1.58. The third kappa shape index (κ3) is 5.69. The molecule has 0 N–H and O–H groups in total. The highest BCUT2D eigenvalue weighted by molar-refractivity contribution is 7.85. The molecule has 0 aliphatic rings. The van der Waals surface area contributed by atoms with Crippen molar-refractivity contribution >= 4 is 16.7 Å². The molecule has 0 aliphatic heterocycles. The molecule has 140 valence electrons. The van der Waals surface area contributed by atoms with Gasteiger partial charge in [-0.15, -0.1) is 13.2 Å². The molecular formula is C19H20F3NO2S. The molecule has 2 aromatic carbocycles. The van der Waals surface area contributed by atoms with Gasteiger partial charge in [0.15, 0.2) is 0 Å². The van der Waals surface area contributed by atoms with Gasteiger partial charge >= 0.3 is 6.36 Å². The van der Waals surface area contributed by atoms with Gasteiger partial charge in [-0.05, 0) is 45.9 Å². The average molecular weight is 383 g/mol. The third-order valence-corrected chi connectivity index (χ3v) is 4.73. The molecule has 7 heteroatoms. The van der Waals surface area contributed by atoms with Crippen molar-refractivity contribution in [2.75, 3.05) is 0 Å². The molecule has 1 atom stereocenters. The molecule has 0 bridgehead atoms. The summed E-state index contributed by atoms with van der Waals surface area (Å²) >= 11 is 0. The number of ether oxygens (including phenoxy) is 1. The molecule has 0 saturated heterocycles. The molecule has 2 rings (SSSR count). The molecule has 0 heterocycles. The van der Waals surface area contributed by atoms with Crippen molar-refractivity contribution in [3.63, 3.8) is 0 Å². The van der Waals surface area contributed by atoms with E-state index in [1.54, 1.807) is 32.9 Å². The van der Waals surface area contributed by atoms with Crippen LogP contribution in [-0.4, -0.2) is 21.0 Å². The minimum Gasteiger partial charge on any atom is -0.406 e. The quantitative estimate of drug-likeness (QED) is 0.681. The molecular weight excluding hydrogens is 363 g/mol. The van der Waals surface area contributed by atoms with E-state index in [9.17, 15) is 17.4 Å². The van der Waals surface area contributed by atoms with Crippen molar-refractivity contribution in [1.29, 1.82) is 0 Å². The summed E-state index contributed by atoms with van der Waals surface area (Å²) in [6.45, 7) is 7.24. The van der Waals surface area contributed by atoms with Gasteiger partial charge in [0, 0.05) is 11.1 Å². The number of halogens is 3. The molecule has 2 aromatic rings. The first-order chi connectivity index (χ1) is 12.0. The van der Waals surface area contributed by atoms with Crippen LogP contribution < -0.4 is 4.74 Å². The van der Waals surface area contributed by atoms with Crippen molar-refractivity contribution in [1.82, 2.24) is 0 Å².